The van der Waals surface area contributed by atoms with E-state index in [0.717, 1.165) is 67.0 Å². The number of hydrogen-bond donors (Lipinski definition) is 0. The van der Waals surface area contributed by atoms with E-state index in [1.54, 1.807) is 0 Å². The first-order valence-corrected chi connectivity index (χ1v) is 33.2. The van der Waals surface area contributed by atoms with Crippen LogP contribution in [0.4, 0.5) is 0 Å². The Morgan fingerprint density at radius 2 is 0.429 bits per heavy atom. The molecule has 0 N–H and O–H groups in total. The Labute approximate surface area is 570 Å². The fourth-order valence-corrected chi connectivity index (χ4v) is 12.3. The number of aryl methyl sites for hydroxylation is 8. The van der Waals surface area contributed by atoms with E-state index in [1.807, 2.05) is 164 Å². The van der Waals surface area contributed by atoms with E-state index < -0.39 is 0 Å². The molecule has 6 heterocycles. The second-order valence-electron chi connectivity index (χ2n) is 24.7. The van der Waals surface area contributed by atoms with Crippen LogP contribution in [0.3, 0.4) is 0 Å². The van der Waals surface area contributed by atoms with Crippen LogP contribution in [0.2, 0.25) is 0 Å². The fraction of sp³-hybridized carbons (Fsp3) is 0.0870. The summed E-state index contributed by atoms with van der Waals surface area (Å²) < 4.78 is 34.5. The summed E-state index contributed by atoms with van der Waals surface area (Å²) in [6, 6.07) is 107. The molecular weight excluding hydrogens is 1200 g/mol. The molecule has 20 aromatic rings. The highest BCUT2D eigenvalue weighted by molar-refractivity contribution is 6.09. The van der Waals surface area contributed by atoms with Crippen LogP contribution < -0.4 is 0 Å². The van der Waals surface area contributed by atoms with Crippen LogP contribution >= 0.6 is 0 Å². The molecule has 0 amide bonds. The van der Waals surface area contributed by atoms with Gasteiger partial charge in [-0.15, -0.1) is 0 Å². The maximum atomic E-state index is 5.78. The first-order valence-electron chi connectivity index (χ1n) is 33.2. The van der Waals surface area contributed by atoms with Crippen LogP contribution in [0.1, 0.15) is 44.5 Å². The predicted molar refractivity (Wildman–Crippen MR) is 413 cm³/mol. The predicted octanol–water partition coefficient (Wildman–Crippen LogP) is 27.4. The molecule has 98 heavy (non-hydrogen) atoms. The van der Waals surface area contributed by atoms with Gasteiger partial charge in [-0.3, -0.25) is 0 Å². The third-order valence-electron chi connectivity index (χ3n) is 17.3. The lowest BCUT2D eigenvalue weighted by molar-refractivity contribution is 0.665. The minimum Gasteiger partial charge on any atom is -0.456 e. The summed E-state index contributed by atoms with van der Waals surface area (Å²) in [6.07, 6.45) is 0. The van der Waals surface area contributed by atoms with Gasteiger partial charge in [-0.25, -0.2) is 0 Å². The maximum absolute atomic E-state index is 5.78. The summed E-state index contributed by atoms with van der Waals surface area (Å²) >= 11 is 0. The fourth-order valence-electron chi connectivity index (χ4n) is 12.3. The zero-order valence-corrected chi connectivity index (χ0v) is 56.5. The zero-order chi connectivity index (χ0) is 67.5. The molecule has 0 aliphatic carbocycles. The van der Waals surface area contributed by atoms with Crippen molar-refractivity contribution in [3.63, 3.8) is 0 Å². The molecule has 20 rings (SSSR count). The highest BCUT2D eigenvalue weighted by atomic mass is 16.3. The van der Waals surface area contributed by atoms with E-state index in [0.29, 0.717) is 0 Å². The lowest BCUT2D eigenvalue weighted by atomic mass is 10.1. The maximum Gasteiger partial charge on any atom is 0.138 e. The van der Waals surface area contributed by atoms with E-state index in [4.69, 9.17) is 26.5 Å². The third kappa shape index (κ3) is 14.6. The molecule has 14 aromatic carbocycles. The molecule has 0 saturated heterocycles. The molecule has 6 aromatic heterocycles. The quantitative estimate of drug-likeness (QED) is 0.151. The van der Waals surface area contributed by atoms with Crippen molar-refractivity contribution in [3.05, 3.63) is 360 Å². The number of rotatable bonds is 0. The molecule has 480 valence electrons. The third-order valence-corrected chi connectivity index (χ3v) is 17.3. The molecule has 0 saturated carbocycles. The number of para-hydroxylation sites is 8. The van der Waals surface area contributed by atoms with Gasteiger partial charge in [0.05, 0.1) is 0 Å². The number of furan rings is 6. The first-order chi connectivity index (χ1) is 47.9. The largest absolute Gasteiger partial charge is 0.456 e. The van der Waals surface area contributed by atoms with Gasteiger partial charge in [-0.05, 0) is 150 Å². The van der Waals surface area contributed by atoms with Gasteiger partial charge in [0.15, 0.2) is 0 Å². The van der Waals surface area contributed by atoms with Gasteiger partial charge in [-0.1, -0.05) is 265 Å². The monoisotopic (exact) mass is 1280 g/mol. The van der Waals surface area contributed by atoms with Crippen LogP contribution in [0.25, 0.3) is 132 Å². The van der Waals surface area contributed by atoms with E-state index in [1.165, 1.54) is 109 Å². The number of benzene rings is 14. The summed E-state index contributed by atoms with van der Waals surface area (Å²) in [4.78, 5) is 0. The molecule has 0 spiro atoms. The Balaban J connectivity index is 0.000000102. The SMILES string of the molecule is Cc1ccc2c(c1)oc1ccccc12.Cc1ccc2c(c1)oc1ccccc12.Cc1ccc2oc3ccccc3c2c1.Cc1cccc2c1oc1ccccc12.Cc1cccc2c1oc1ccccc12.Cc1cccc2oc3ccccc3c12.Cc1ccccc1.Cc1ccccc1. The Morgan fingerprint density at radius 3 is 0.857 bits per heavy atom. The van der Waals surface area contributed by atoms with Crippen LogP contribution in [0.5, 0.6) is 0 Å². The van der Waals surface area contributed by atoms with Gasteiger partial charge < -0.3 is 26.5 Å². The van der Waals surface area contributed by atoms with Crippen LogP contribution in [-0.2, 0) is 0 Å². The van der Waals surface area contributed by atoms with Crippen LogP contribution in [-0.4, -0.2) is 0 Å². The summed E-state index contributed by atoms with van der Waals surface area (Å²) in [7, 11) is 0. The molecule has 0 aliphatic heterocycles. The molecule has 0 fully saturated rings. The van der Waals surface area contributed by atoms with E-state index in [9.17, 15) is 0 Å². The molecule has 6 heteroatoms. The topological polar surface area (TPSA) is 78.8 Å². The van der Waals surface area contributed by atoms with Crippen LogP contribution in [0.15, 0.2) is 342 Å². The highest BCUT2D eigenvalue weighted by Gasteiger charge is 2.11. The normalized spacial score (nSPS) is 10.9. The lowest BCUT2D eigenvalue weighted by Crippen LogP contribution is -1.72. The Kier molecular flexibility index (Phi) is 19.6. The van der Waals surface area contributed by atoms with Gasteiger partial charge in [0.2, 0.25) is 0 Å². The van der Waals surface area contributed by atoms with E-state index in [-0.39, 0.29) is 0 Å². The van der Waals surface area contributed by atoms with Gasteiger partial charge in [0.1, 0.15) is 67.0 Å². The Bertz CT molecular complexity index is 5750. The minimum atomic E-state index is 0.966. The molecule has 0 atom stereocenters. The van der Waals surface area contributed by atoms with Crippen molar-refractivity contribution in [1.82, 2.24) is 0 Å². The van der Waals surface area contributed by atoms with E-state index in [2.05, 4.69) is 207 Å². The van der Waals surface area contributed by atoms with Gasteiger partial charge in [0, 0.05) is 64.6 Å². The standard InChI is InChI=1S/6C13H10O.2C7H8/c2*1-9-5-4-7-11-10-6-2-3-8-12(10)14-13(9)11;1-9-5-4-8-12-13(9)10-6-2-3-7-11(10)14-12;1-9-6-7-13-11(8-9)10-4-2-3-5-12(10)14-13;2*1-9-6-7-11-10-4-2-3-5-12(10)14-13(11)8-9;2*1-7-5-3-2-4-6-7/h6*2-8H,1H3;2*2-6H,1H3. The molecular formula is C92H76O6. The summed E-state index contributed by atoms with van der Waals surface area (Å²) in [5, 5.41) is 14.5. The Morgan fingerprint density at radius 1 is 0.153 bits per heavy atom. The molecule has 0 bridgehead atoms. The van der Waals surface area contributed by atoms with Crippen molar-refractivity contribution >= 4 is 132 Å². The average Bonchev–Trinajstić information content (AvgIpc) is 1.66. The molecule has 0 radical (unpaired) electrons. The average molecular weight is 1280 g/mol. The van der Waals surface area contributed by atoms with Crippen molar-refractivity contribution in [2.75, 3.05) is 0 Å². The Hall–Kier alpha value is -12.1. The zero-order valence-electron chi connectivity index (χ0n) is 56.5. The minimum absolute atomic E-state index is 0.966. The van der Waals surface area contributed by atoms with Crippen LogP contribution in [0, 0.1) is 55.4 Å². The van der Waals surface area contributed by atoms with Crippen molar-refractivity contribution < 1.29 is 26.5 Å². The molecule has 0 unspecified atom stereocenters. The van der Waals surface area contributed by atoms with Crippen molar-refractivity contribution in [3.8, 4) is 0 Å². The summed E-state index contributed by atoms with van der Waals surface area (Å²) in [5.74, 6) is 0. The second-order valence-corrected chi connectivity index (χ2v) is 24.7. The van der Waals surface area contributed by atoms with Gasteiger partial charge >= 0.3 is 0 Å². The first kappa shape index (κ1) is 64.6. The van der Waals surface area contributed by atoms with Gasteiger partial charge in [-0.2, -0.15) is 0 Å². The van der Waals surface area contributed by atoms with Gasteiger partial charge in [0.25, 0.3) is 0 Å². The molecule has 0 aliphatic rings. The van der Waals surface area contributed by atoms with Crippen molar-refractivity contribution in [1.29, 1.82) is 0 Å². The van der Waals surface area contributed by atoms with E-state index >= 15 is 0 Å². The number of hydrogen-bond acceptors (Lipinski definition) is 6. The van der Waals surface area contributed by atoms with Crippen molar-refractivity contribution in [2.24, 2.45) is 0 Å². The summed E-state index contributed by atoms with van der Waals surface area (Å²) in [6.45, 7) is 16.7. The second kappa shape index (κ2) is 29.7. The number of fused-ring (bicyclic) bond motifs is 18. The smallest absolute Gasteiger partial charge is 0.138 e. The lowest BCUT2D eigenvalue weighted by Gasteiger charge is -1.93. The van der Waals surface area contributed by atoms with Crippen molar-refractivity contribution in [2.45, 2.75) is 55.4 Å². The molecule has 6 nitrogen and oxygen atoms in total. The highest BCUT2D eigenvalue weighted by Crippen LogP contribution is 2.35. The summed E-state index contributed by atoms with van der Waals surface area (Å²) in [5.41, 5.74) is 21.8.